The van der Waals surface area contributed by atoms with Crippen LogP contribution in [-0.4, -0.2) is 31.3 Å². The lowest BCUT2D eigenvalue weighted by molar-refractivity contribution is 0.255. The molecule has 0 bridgehead atoms. The molecule has 1 fully saturated rings. The third kappa shape index (κ3) is 3.25. The van der Waals surface area contributed by atoms with Crippen LogP contribution in [-0.2, 0) is 6.54 Å². The van der Waals surface area contributed by atoms with Gasteiger partial charge in [-0.3, -0.25) is 0 Å². The van der Waals surface area contributed by atoms with E-state index < -0.39 is 0 Å². The second-order valence-electron chi connectivity index (χ2n) is 5.15. The van der Waals surface area contributed by atoms with E-state index in [1.807, 2.05) is 13.1 Å². The lowest BCUT2D eigenvalue weighted by atomic mass is 10.1. The minimum Gasteiger partial charge on any atom is -0.394 e. The molecule has 1 aromatic carbocycles. The van der Waals surface area contributed by atoms with Crippen LogP contribution in [0.1, 0.15) is 31.2 Å². The lowest BCUT2D eigenvalue weighted by Crippen LogP contribution is -2.38. The molecule has 1 saturated heterocycles. The van der Waals surface area contributed by atoms with Gasteiger partial charge in [0.05, 0.1) is 12.6 Å². The minimum atomic E-state index is -0.173. The van der Waals surface area contributed by atoms with Gasteiger partial charge in [-0.15, -0.1) is 0 Å². The van der Waals surface area contributed by atoms with Crippen molar-refractivity contribution in [2.24, 2.45) is 0 Å². The predicted molar refractivity (Wildman–Crippen MR) is 75.9 cm³/mol. The van der Waals surface area contributed by atoms with Crippen molar-refractivity contribution in [3.05, 3.63) is 29.6 Å². The van der Waals surface area contributed by atoms with E-state index in [4.69, 9.17) is 0 Å². The molecule has 1 aromatic rings. The van der Waals surface area contributed by atoms with Crippen LogP contribution in [0.2, 0.25) is 0 Å². The van der Waals surface area contributed by atoms with Gasteiger partial charge >= 0.3 is 0 Å². The fraction of sp³-hybridized carbons (Fsp3) is 0.600. The first-order chi connectivity index (χ1) is 9.27. The fourth-order valence-electron chi connectivity index (χ4n) is 2.85. The van der Waals surface area contributed by atoms with E-state index in [0.29, 0.717) is 12.1 Å². The zero-order valence-electron chi connectivity index (χ0n) is 11.5. The predicted octanol–water partition coefficient (Wildman–Crippen LogP) is 2.29. The molecular weight excluding hydrogens is 243 g/mol. The molecule has 106 valence electrons. The van der Waals surface area contributed by atoms with Crippen LogP contribution in [0.15, 0.2) is 18.2 Å². The van der Waals surface area contributed by atoms with Gasteiger partial charge in [-0.1, -0.05) is 18.9 Å². The molecule has 1 atom stereocenters. The number of halogens is 1. The molecule has 0 saturated carbocycles. The smallest absolute Gasteiger partial charge is 0.129 e. The maximum atomic E-state index is 14.0. The van der Waals surface area contributed by atoms with Crippen LogP contribution in [0.4, 0.5) is 10.1 Å². The van der Waals surface area contributed by atoms with Gasteiger partial charge < -0.3 is 15.3 Å². The van der Waals surface area contributed by atoms with Gasteiger partial charge in [-0.25, -0.2) is 4.39 Å². The molecule has 0 radical (unpaired) electrons. The average molecular weight is 266 g/mol. The minimum absolute atomic E-state index is 0.111. The number of benzene rings is 1. The number of hydrogen-bond donors (Lipinski definition) is 2. The summed E-state index contributed by atoms with van der Waals surface area (Å²) >= 11 is 0. The van der Waals surface area contributed by atoms with Crippen LogP contribution in [0, 0.1) is 5.82 Å². The standard InChI is InChI=1S/C15H23FN2O/c1-17-10-13-14(16)7-5-8-15(13)18-9-4-2-3-6-12(18)11-19/h5,7-8,12,17,19H,2-4,6,9-11H2,1H3. The van der Waals surface area contributed by atoms with Gasteiger partial charge in [0.15, 0.2) is 0 Å². The molecule has 3 nitrogen and oxygen atoms in total. The Balaban J connectivity index is 2.34. The summed E-state index contributed by atoms with van der Waals surface area (Å²) in [4.78, 5) is 2.18. The topological polar surface area (TPSA) is 35.5 Å². The van der Waals surface area contributed by atoms with E-state index in [0.717, 1.165) is 31.5 Å². The molecule has 1 heterocycles. The van der Waals surface area contributed by atoms with Gasteiger partial charge in [0.2, 0.25) is 0 Å². The van der Waals surface area contributed by atoms with E-state index in [1.54, 1.807) is 6.07 Å². The van der Waals surface area contributed by atoms with Crippen LogP contribution < -0.4 is 10.2 Å². The van der Waals surface area contributed by atoms with Crippen molar-refractivity contribution in [1.29, 1.82) is 0 Å². The Kier molecular flexibility index (Phi) is 5.16. The largest absolute Gasteiger partial charge is 0.394 e. The van der Waals surface area contributed by atoms with E-state index >= 15 is 0 Å². The molecule has 1 aliphatic heterocycles. The Bertz CT molecular complexity index is 411. The van der Waals surface area contributed by atoms with Crippen molar-refractivity contribution in [3.63, 3.8) is 0 Å². The van der Waals surface area contributed by atoms with Crippen LogP contribution in [0.25, 0.3) is 0 Å². The highest BCUT2D eigenvalue weighted by molar-refractivity contribution is 5.55. The number of hydrogen-bond acceptors (Lipinski definition) is 3. The zero-order valence-corrected chi connectivity index (χ0v) is 11.5. The van der Waals surface area contributed by atoms with E-state index in [-0.39, 0.29) is 18.5 Å². The Labute approximate surface area is 114 Å². The van der Waals surface area contributed by atoms with Crippen molar-refractivity contribution in [3.8, 4) is 0 Å². The first kappa shape index (κ1) is 14.3. The summed E-state index contributed by atoms with van der Waals surface area (Å²) in [7, 11) is 1.82. The van der Waals surface area contributed by atoms with Crippen LogP contribution in [0.3, 0.4) is 0 Å². The second-order valence-corrected chi connectivity index (χ2v) is 5.15. The quantitative estimate of drug-likeness (QED) is 0.877. The van der Waals surface area contributed by atoms with E-state index in [2.05, 4.69) is 10.2 Å². The van der Waals surface area contributed by atoms with Crippen molar-refractivity contribution in [1.82, 2.24) is 5.32 Å². The molecule has 0 aromatic heterocycles. The van der Waals surface area contributed by atoms with Crippen molar-refractivity contribution in [2.75, 3.05) is 25.1 Å². The molecule has 2 N–H and O–H groups in total. The SMILES string of the molecule is CNCc1c(F)cccc1N1CCCCCC1CO. The highest BCUT2D eigenvalue weighted by atomic mass is 19.1. The van der Waals surface area contributed by atoms with Gasteiger partial charge in [-0.2, -0.15) is 0 Å². The summed E-state index contributed by atoms with van der Waals surface area (Å²) in [5, 5.41) is 12.6. The highest BCUT2D eigenvalue weighted by Gasteiger charge is 2.23. The maximum Gasteiger partial charge on any atom is 0.129 e. The third-order valence-corrected chi connectivity index (χ3v) is 3.84. The normalized spacial score (nSPS) is 20.4. The molecule has 19 heavy (non-hydrogen) atoms. The summed E-state index contributed by atoms with van der Waals surface area (Å²) in [6.45, 7) is 1.54. The number of rotatable bonds is 4. The molecular formula is C15H23FN2O. The van der Waals surface area contributed by atoms with Gasteiger partial charge in [-0.05, 0) is 32.0 Å². The van der Waals surface area contributed by atoms with E-state index in [1.165, 1.54) is 12.5 Å². The Morgan fingerprint density at radius 2 is 2.21 bits per heavy atom. The summed E-state index contributed by atoms with van der Waals surface area (Å²) in [6.07, 6.45) is 4.40. The number of nitrogens with zero attached hydrogens (tertiary/aromatic N) is 1. The van der Waals surface area contributed by atoms with Crippen molar-refractivity contribution < 1.29 is 9.50 Å². The zero-order chi connectivity index (χ0) is 13.7. The fourth-order valence-corrected chi connectivity index (χ4v) is 2.85. The summed E-state index contributed by atoms with van der Waals surface area (Å²) < 4.78 is 14.0. The Morgan fingerprint density at radius 3 is 2.95 bits per heavy atom. The molecule has 0 spiro atoms. The monoisotopic (exact) mass is 266 g/mol. The third-order valence-electron chi connectivity index (χ3n) is 3.84. The summed E-state index contributed by atoms with van der Waals surface area (Å²) in [5.41, 5.74) is 1.63. The Hall–Kier alpha value is -1.13. The molecule has 0 aliphatic carbocycles. The molecule has 1 aliphatic rings. The first-order valence-electron chi connectivity index (χ1n) is 7.07. The van der Waals surface area contributed by atoms with Gasteiger partial charge in [0, 0.05) is 24.3 Å². The molecule has 2 rings (SSSR count). The molecule has 1 unspecified atom stereocenters. The molecule has 4 heteroatoms. The summed E-state index contributed by atoms with van der Waals surface area (Å²) in [5.74, 6) is -0.173. The van der Waals surface area contributed by atoms with Gasteiger partial charge in [0.1, 0.15) is 5.82 Å². The summed E-state index contributed by atoms with van der Waals surface area (Å²) in [6, 6.07) is 5.33. The number of aliphatic hydroxyl groups excluding tert-OH is 1. The average Bonchev–Trinajstić information content (AvgIpc) is 2.66. The van der Waals surface area contributed by atoms with Gasteiger partial charge in [0.25, 0.3) is 0 Å². The lowest BCUT2D eigenvalue weighted by Gasteiger charge is -2.32. The highest BCUT2D eigenvalue weighted by Crippen LogP contribution is 2.28. The van der Waals surface area contributed by atoms with Crippen molar-refractivity contribution in [2.45, 2.75) is 38.3 Å². The van der Waals surface area contributed by atoms with Crippen LogP contribution in [0.5, 0.6) is 0 Å². The number of anilines is 1. The number of nitrogens with one attached hydrogen (secondary N) is 1. The molecule has 0 amide bonds. The van der Waals surface area contributed by atoms with Crippen molar-refractivity contribution >= 4 is 5.69 Å². The maximum absolute atomic E-state index is 14.0. The Morgan fingerprint density at radius 1 is 1.37 bits per heavy atom. The second kappa shape index (κ2) is 6.87. The van der Waals surface area contributed by atoms with Crippen LogP contribution >= 0.6 is 0 Å². The first-order valence-corrected chi connectivity index (χ1v) is 7.07. The van der Waals surface area contributed by atoms with E-state index in [9.17, 15) is 9.50 Å². The number of aliphatic hydroxyl groups is 1.